The average Bonchev–Trinajstić information content (AvgIpc) is 3.03. The van der Waals surface area contributed by atoms with Gasteiger partial charge in [-0.15, -0.1) is 35.3 Å². The number of thiazole rings is 1. The van der Waals surface area contributed by atoms with E-state index >= 15 is 0 Å². The van der Waals surface area contributed by atoms with E-state index in [2.05, 4.69) is 20.6 Å². The molecule has 0 saturated heterocycles. The third kappa shape index (κ3) is 7.21. The number of hydrogen-bond acceptors (Lipinski definition) is 5. The van der Waals surface area contributed by atoms with Crippen LogP contribution in [0.5, 0.6) is 0 Å². The molecular formula is C19H26ClIN4O2S. The summed E-state index contributed by atoms with van der Waals surface area (Å²) in [5.41, 5.74) is 1.85. The highest BCUT2D eigenvalue weighted by atomic mass is 127. The second-order valence-electron chi connectivity index (χ2n) is 5.93. The molecule has 2 aromatic rings. The summed E-state index contributed by atoms with van der Waals surface area (Å²) in [5.74, 6) is 0.352. The molecule has 1 atom stereocenters. The summed E-state index contributed by atoms with van der Waals surface area (Å²) in [6.07, 6.45) is 0.832. The molecule has 1 unspecified atom stereocenters. The standard InChI is InChI=1S/C19H25ClN4O2S.HI/c1-5-26-18(25)16-12(2)23-17(27-16)13(3)24-19(21-4)22-10-9-14-7-6-8-15(20)11-14;/h6-8,11,13H,5,9-10H2,1-4H3,(H2,21,22,24);1H. The van der Waals surface area contributed by atoms with Crippen molar-refractivity contribution < 1.29 is 9.53 Å². The van der Waals surface area contributed by atoms with Crippen LogP contribution >= 0.6 is 46.9 Å². The summed E-state index contributed by atoms with van der Waals surface area (Å²) in [7, 11) is 1.72. The molecule has 0 spiro atoms. The number of nitrogens with one attached hydrogen (secondary N) is 2. The number of aryl methyl sites for hydroxylation is 1. The fraction of sp³-hybridized carbons (Fsp3) is 0.421. The van der Waals surface area contributed by atoms with Gasteiger partial charge in [-0.2, -0.15) is 0 Å². The van der Waals surface area contributed by atoms with Gasteiger partial charge in [-0.3, -0.25) is 4.99 Å². The first kappa shape index (κ1) is 24.6. The molecule has 0 aliphatic carbocycles. The molecule has 2 rings (SSSR count). The lowest BCUT2D eigenvalue weighted by atomic mass is 10.1. The van der Waals surface area contributed by atoms with Crippen LogP contribution in [-0.4, -0.2) is 37.1 Å². The van der Waals surface area contributed by atoms with E-state index in [1.807, 2.05) is 38.1 Å². The minimum absolute atomic E-state index is 0. The van der Waals surface area contributed by atoms with Gasteiger partial charge in [0.05, 0.1) is 18.3 Å². The molecule has 0 aliphatic rings. The maximum atomic E-state index is 12.0. The van der Waals surface area contributed by atoms with Gasteiger partial charge >= 0.3 is 5.97 Å². The van der Waals surface area contributed by atoms with Crippen molar-refractivity contribution in [2.75, 3.05) is 20.2 Å². The van der Waals surface area contributed by atoms with Crippen molar-refractivity contribution >= 4 is 58.8 Å². The van der Waals surface area contributed by atoms with Crippen molar-refractivity contribution in [2.45, 2.75) is 33.2 Å². The van der Waals surface area contributed by atoms with Crippen molar-refractivity contribution in [1.29, 1.82) is 0 Å². The Morgan fingerprint density at radius 1 is 1.43 bits per heavy atom. The number of hydrogen-bond donors (Lipinski definition) is 2. The number of carbonyl (C=O) groups is 1. The SMILES string of the molecule is CCOC(=O)c1sc(C(C)NC(=NC)NCCc2cccc(Cl)c2)nc1C.I. The van der Waals surface area contributed by atoms with E-state index in [0.717, 1.165) is 28.6 Å². The second kappa shape index (κ2) is 12.2. The lowest BCUT2D eigenvalue weighted by molar-refractivity contribution is 0.0531. The molecule has 6 nitrogen and oxygen atoms in total. The quantitative estimate of drug-likeness (QED) is 0.238. The highest BCUT2D eigenvalue weighted by Gasteiger charge is 2.20. The number of guanidine groups is 1. The number of esters is 1. The van der Waals surface area contributed by atoms with E-state index in [1.165, 1.54) is 11.3 Å². The molecule has 0 amide bonds. The maximum Gasteiger partial charge on any atom is 0.350 e. The number of ether oxygens (including phenoxy) is 1. The first-order valence-electron chi connectivity index (χ1n) is 8.80. The number of aromatic nitrogens is 1. The maximum absolute atomic E-state index is 12.0. The van der Waals surface area contributed by atoms with Crippen LogP contribution in [0.3, 0.4) is 0 Å². The molecule has 0 aliphatic heterocycles. The average molecular weight is 537 g/mol. The first-order chi connectivity index (χ1) is 12.9. The second-order valence-corrected chi connectivity index (χ2v) is 7.40. The monoisotopic (exact) mass is 536 g/mol. The third-order valence-corrected chi connectivity index (χ3v) is 5.37. The molecule has 0 fully saturated rings. The number of aliphatic imine (C=N–C) groups is 1. The van der Waals surface area contributed by atoms with E-state index < -0.39 is 0 Å². The van der Waals surface area contributed by atoms with Crippen LogP contribution in [0.4, 0.5) is 0 Å². The molecule has 2 N–H and O–H groups in total. The topological polar surface area (TPSA) is 75.6 Å². The summed E-state index contributed by atoms with van der Waals surface area (Å²) >= 11 is 7.36. The van der Waals surface area contributed by atoms with Crippen LogP contribution in [0.1, 0.15) is 45.8 Å². The molecule has 1 aromatic carbocycles. The lowest BCUT2D eigenvalue weighted by Gasteiger charge is -2.16. The van der Waals surface area contributed by atoms with E-state index in [-0.39, 0.29) is 36.0 Å². The summed E-state index contributed by atoms with van der Waals surface area (Å²) in [5, 5.41) is 8.13. The molecule has 1 heterocycles. The Hall–Kier alpha value is -1.39. The van der Waals surface area contributed by atoms with Crippen molar-refractivity contribution in [3.05, 3.63) is 50.4 Å². The van der Waals surface area contributed by atoms with Gasteiger partial charge in [0.2, 0.25) is 0 Å². The number of benzene rings is 1. The summed E-state index contributed by atoms with van der Waals surface area (Å²) in [6.45, 7) is 6.66. The van der Waals surface area contributed by atoms with Gasteiger partial charge < -0.3 is 15.4 Å². The van der Waals surface area contributed by atoms with Crippen LogP contribution in [-0.2, 0) is 11.2 Å². The van der Waals surface area contributed by atoms with Crippen LogP contribution in [0, 0.1) is 6.92 Å². The number of nitrogens with zero attached hydrogens (tertiary/aromatic N) is 2. The molecule has 0 bridgehead atoms. The van der Waals surface area contributed by atoms with Gasteiger partial charge in [-0.25, -0.2) is 9.78 Å². The van der Waals surface area contributed by atoms with E-state index in [4.69, 9.17) is 16.3 Å². The fourth-order valence-electron chi connectivity index (χ4n) is 2.47. The Kier molecular flexibility index (Phi) is 10.8. The highest BCUT2D eigenvalue weighted by Crippen LogP contribution is 2.24. The molecule has 0 saturated carbocycles. The number of rotatable bonds is 7. The minimum Gasteiger partial charge on any atom is -0.462 e. The Morgan fingerprint density at radius 2 is 2.18 bits per heavy atom. The van der Waals surface area contributed by atoms with Crippen LogP contribution < -0.4 is 10.6 Å². The Morgan fingerprint density at radius 3 is 2.82 bits per heavy atom. The Bertz CT molecular complexity index is 813. The smallest absolute Gasteiger partial charge is 0.350 e. The Labute approximate surface area is 192 Å². The minimum atomic E-state index is -0.324. The summed E-state index contributed by atoms with van der Waals surface area (Å²) in [4.78, 5) is 21.3. The van der Waals surface area contributed by atoms with E-state index in [9.17, 15) is 4.79 Å². The first-order valence-corrected chi connectivity index (χ1v) is 10.00. The Balaban J connectivity index is 0.00000392. The molecule has 28 heavy (non-hydrogen) atoms. The van der Waals surface area contributed by atoms with Gasteiger partial charge in [0.1, 0.15) is 9.88 Å². The predicted molar refractivity (Wildman–Crippen MR) is 126 cm³/mol. The van der Waals surface area contributed by atoms with E-state index in [1.54, 1.807) is 14.0 Å². The molecule has 1 aromatic heterocycles. The number of carbonyl (C=O) groups excluding carboxylic acids is 1. The summed E-state index contributed by atoms with van der Waals surface area (Å²) in [6, 6.07) is 7.72. The van der Waals surface area contributed by atoms with Crippen molar-refractivity contribution in [3.8, 4) is 0 Å². The van der Waals surface area contributed by atoms with Gasteiger partial charge in [0, 0.05) is 18.6 Å². The van der Waals surface area contributed by atoms with Crippen LogP contribution in [0.25, 0.3) is 0 Å². The van der Waals surface area contributed by atoms with Gasteiger partial charge in [-0.05, 0) is 44.9 Å². The lowest BCUT2D eigenvalue weighted by Crippen LogP contribution is -2.39. The summed E-state index contributed by atoms with van der Waals surface area (Å²) < 4.78 is 5.07. The van der Waals surface area contributed by atoms with Crippen LogP contribution in [0.15, 0.2) is 29.3 Å². The fourth-order valence-corrected chi connectivity index (χ4v) is 3.64. The highest BCUT2D eigenvalue weighted by molar-refractivity contribution is 14.0. The third-order valence-electron chi connectivity index (χ3n) is 3.82. The molecule has 0 radical (unpaired) electrons. The zero-order chi connectivity index (χ0) is 19.8. The molecular weight excluding hydrogens is 511 g/mol. The number of halogens is 2. The largest absolute Gasteiger partial charge is 0.462 e. The zero-order valence-electron chi connectivity index (χ0n) is 16.4. The normalized spacial score (nSPS) is 12.1. The van der Waals surface area contributed by atoms with Crippen molar-refractivity contribution in [1.82, 2.24) is 15.6 Å². The zero-order valence-corrected chi connectivity index (χ0v) is 20.3. The van der Waals surface area contributed by atoms with Crippen molar-refractivity contribution in [3.63, 3.8) is 0 Å². The van der Waals surface area contributed by atoms with Gasteiger partial charge in [0.25, 0.3) is 0 Å². The molecule has 9 heteroatoms. The van der Waals surface area contributed by atoms with Crippen molar-refractivity contribution in [2.24, 2.45) is 4.99 Å². The van der Waals surface area contributed by atoms with E-state index in [0.29, 0.717) is 23.1 Å². The van der Waals surface area contributed by atoms with Crippen LogP contribution in [0.2, 0.25) is 5.02 Å². The van der Waals surface area contributed by atoms with Gasteiger partial charge in [-0.1, -0.05) is 23.7 Å². The van der Waals surface area contributed by atoms with Gasteiger partial charge in [0.15, 0.2) is 5.96 Å². The predicted octanol–water partition coefficient (Wildman–Crippen LogP) is 4.37. The molecule has 154 valence electrons.